The molecule has 2 atom stereocenters. The van der Waals surface area contributed by atoms with Crippen LogP contribution >= 0.6 is 39.3 Å². The van der Waals surface area contributed by atoms with Crippen molar-refractivity contribution in [1.29, 1.82) is 0 Å². The number of carbonyl (C=O) groups is 1. The molecular weight excluding hydrogens is 436 g/mol. The number of rotatable bonds is 3. The molecule has 1 aromatic rings. The van der Waals surface area contributed by atoms with Gasteiger partial charge in [-0.1, -0.05) is 46.2 Å². The van der Waals surface area contributed by atoms with Crippen LogP contribution in [0.2, 0.25) is 5.02 Å². The molecule has 0 aromatic heterocycles. The molecule has 2 aliphatic heterocycles. The van der Waals surface area contributed by atoms with E-state index >= 15 is 0 Å². The predicted molar refractivity (Wildman–Crippen MR) is 103 cm³/mol. The highest BCUT2D eigenvalue weighted by atomic mass is 79.9. The van der Waals surface area contributed by atoms with Crippen molar-refractivity contribution in [3.63, 3.8) is 0 Å². The average Bonchev–Trinajstić information content (AvgIpc) is 2.91. The minimum absolute atomic E-state index is 0.0536. The third-order valence-corrected chi connectivity index (χ3v) is 7.93. The minimum Gasteiger partial charge on any atom is -0.314 e. The van der Waals surface area contributed by atoms with Gasteiger partial charge in [-0.25, -0.2) is 8.42 Å². The van der Waals surface area contributed by atoms with Gasteiger partial charge in [-0.3, -0.25) is 4.79 Å². The van der Waals surface area contributed by atoms with Gasteiger partial charge in [0.1, 0.15) is 0 Å². The highest BCUT2D eigenvalue weighted by Gasteiger charge is 2.49. The molecule has 2 fully saturated rings. The zero-order chi connectivity index (χ0) is 17.5. The van der Waals surface area contributed by atoms with Crippen LogP contribution in [0.15, 0.2) is 27.7 Å². The second-order valence-electron chi connectivity index (χ2n) is 5.80. The summed E-state index contributed by atoms with van der Waals surface area (Å²) >= 11 is 11.1. The third-order valence-electron chi connectivity index (χ3n) is 3.92. The topological polar surface area (TPSA) is 66.8 Å². The van der Waals surface area contributed by atoms with E-state index in [1.807, 2.05) is 24.0 Å². The van der Waals surface area contributed by atoms with Gasteiger partial charge in [0.2, 0.25) is 5.91 Å². The Bertz CT molecular complexity index is 813. The van der Waals surface area contributed by atoms with E-state index in [1.165, 1.54) is 11.8 Å². The quantitative estimate of drug-likeness (QED) is 0.703. The normalized spacial score (nSPS) is 26.8. The molecule has 0 unspecified atom stereocenters. The summed E-state index contributed by atoms with van der Waals surface area (Å²) in [7, 11) is -3.08. The molecule has 9 heteroatoms. The maximum Gasteiger partial charge on any atom is 0.248 e. The maximum absolute atomic E-state index is 12.0. The predicted octanol–water partition coefficient (Wildman–Crippen LogP) is 3.50. The van der Waals surface area contributed by atoms with E-state index in [4.69, 9.17) is 11.6 Å². The third kappa shape index (κ3) is 3.66. The molecule has 0 bridgehead atoms. The van der Waals surface area contributed by atoms with Gasteiger partial charge >= 0.3 is 0 Å². The lowest BCUT2D eigenvalue weighted by Gasteiger charge is -2.25. The number of benzene rings is 1. The number of carbonyl (C=O) groups excluding carboxylic acids is 1. The van der Waals surface area contributed by atoms with Crippen LogP contribution < -0.4 is 4.90 Å². The average molecular weight is 452 g/mol. The fraction of sp³-hybridized carbons (Fsp3) is 0.467. The number of nitrogens with zero attached hydrogens (tertiary/aromatic N) is 2. The summed E-state index contributed by atoms with van der Waals surface area (Å²) < 4.78 is 24.8. The van der Waals surface area contributed by atoms with Gasteiger partial charge in [0.05, 0.1) is 28.3 Å². The molecule has 3 rings (SSSR count). The number of halogens is 2. The number of hydrogen-bond donors (Lipinski definition) is 0. The van der Waals surface area contributed by atoms with Crippen LogP contribution in [-0.4, -0.2) is 42.3 Å². The molecule has 2 saturated heterocycles. The molecular formula is C15H16BrClN2O3S2. The molecule has 1 aromatic carbocycles. The maximum atomic E-state index is 12.0. The molecule has 5 nitrogen and oxygen atoms in total. The van der Waals surface area contributed by atoms with Gasteiger partial charge in [-0.15, -0.1) is 0 Å². The van der Waals surface area contributed by atoms with Crippen molar-refractivity contribution < 1.29 is 13.2 Å². The summed E-state index contributed by atoms with van der Waals surface area (Å²) in [6.45, 7) is 1.92. The number of amidine groups is 1. The summed E-state index contributed by atoms with van der Waals surface area (Å²) in [5.74, 6) is -0.0347. The number of thioether (sulfide) groups is 1. The lowest BCUT2D eigenvalue weighted by Crippen LogP contribution is -2.37. The zero-order valence-electron chi connectivity index (χ0n) is 12.9. The van der Waals surface area contributed by atoms with Gasteiger partial charge in [-0.2, -0.15) is 4.99 Å². The summed E-state index contributed by atoms with van der Waals surface area (Å²) in [5.41, 5.74) is 0.681. The van der Waals surface area contributed by atoms with Crippen LogP contribution in [0.25, 0.3) is 0 Å². The Labute approximate surface area is 158 Å². The Morgan fingerprint density at radius 1 is 1.46 bits per heavy atom. The lowest BCUT2D eigenvalue weighted by atomic mass is 10.2. The van der Waals surface area contributed by atoms with Crippen molar-refractivity contribution in [2.45, 2.75) is 31.1 Å². The van der Waals surface area contributed by atoms with Crippen molar-refractivity contribution in [3.8, 4) is 0 Å². The van der Waals surface area contributed by atoms with Crippen LogP contribution in [0.5, 0.6) is 0 Å². The smallest absolute Gasteiger partial charge is 0.248 e. The lowest BCUT2D eigenvalue weighted by molar-refractivity contribution is -0.117. The fourth-order valence-corrected chi connectivity index (χ4v) is 7.59. The number of anilines is 1. The number of fused-ring (bicyclic) bond motifs is 1. The van der Waals surface area contributed by atoms with Gasteiger partial charge in [0, 0.05) is 16.1 Å². The number of aliphatic imine (C=N–C) groups is 1. The van der Waals surface area contributed by atoms with Crippen molar-refractivity contribution in [2.24, 2.45) is 4.99 Å². The SMILES string of the molecule is CCCC(=O)N=C1S[C@H]2CS(=O)(=O)C[C@@H]2N1c1ccc(Br)cc1Cl. The molecule has 130 valence electrons. The first kappa shape index (κ1) is 18.2. The summed E-state index contributed by atoms with van der Waals surface area (Å²) in [6.07, 6.45) is 1.10. The first-order chi connectivity index (χ1) is 11.3. The van der Waals surface area contributed by atoms with E-state index in [-0.39, 0.29) is 28.7 Å². The Morgan fingerprint density at radius 2 is 2.21 bits per heavy atom. The highest BCUT2D eigenvalue weighted by molar-refractivity contribution is 9.10. The van der Waals surface area contributed by atoms with Crippen LogP contribution in [0.4, 0.5) is 5.69 Å². The standard InChI is InChI=1S/C15H16BrClN2O3S2/c1-2-3-14(20)18-15-19(11-5-4-9(16)6-10(11)17)12-7-24(21,22)8-13(12)23-15/h4-6,12-13H,2-3,7-8H2,1H3/t12-,13-/m0/s1. The monoisotopic (exact) mass is 450 g/mol. The first-order valence-electron chi connectivity index (χ1n) is 7.53. The molecule has 0 saturated carbocycles. The Balaban J connectivity index is 2.03. The molecule has 2 heterocycles. The largest absolute Gasteiger partial charge is 0.314 e. The van der Waals surface area contributed by atoms with E-state index in [9.17, 15) is 13.2 Å². The van der Waals surface area contributed by atoms with Crippen LogP contribution in [0.1, 0.15) is 19.8 Å². The zero-order valence-corrected chi connectivity index (χ0v) is 16.9. The molecule has 2 aliphatic rings. The second-order valence-corrected chi connectivity index (χ2v) is 10.5. The van der Waals surface area contributed by atoms with Crippen molar-refractivity contribution in [3.05, 3.63) is 27.7 Å². The summed E-state index contributed by atoms with van der Waals surface area (Å²) in [6, 6.07) is 5.17. The van der Waals surface area contributed by atoms with E-state index < -0.39 is 9.84 Å². The van der Waals surface area contributed by atoms with E-state index in [0.29, 0.717) is 22.3 Å². The first-order valence-corrected chi connectivity index (χ1v) is 11.4. The summed E-state index contributed by atoms with van der Waals surface area (Å²) in [4.78, 5) is 18.0. The Morgan fingerprint density at radius 3 is 2.88 bits per heavy atom. The highest BCUT2D eigenvalue weighted by Crippen LogP contribution is 2.43. The van der Waals surface area contributed by atoms with E-state index in [1.54, 1.807) is 6.07 Å². The molecule has 0 radical (unpaired) electrons. The van der Waals surface area contributed by atoms with E-state index in [0.717, 1.165) is 10.9 Å². The fourth-order valence-electron chi connectivity index (χ4n) is 2.90. The van der Waals surface area contributed by atoms with Crippen molar-refractivity contribution in [1.82, 2.24) is 0 Å². The van der Waals surface area contributed by atoms with Gasteiger partial charge in [-0.05, 0) is 24.6 Å². The Hall–Kier alpha value is -0.570. The number of amides is 1. The van der Waals surface area contributed by atoms with Crippen molar-refractivity contribution in [2.75, 3.05) is 16.4 Å². The molecule has 24 heavy (non-hydrogen) atoms. The van der Waals surface area contributed by atoms with E-state index in [2.05, 4.69) is 20.9 Å². The van der Waals surface area contributed by atoms with Crippen LogP contribution in [-0.2, 0) is 14.6 Å². The van der Waals surface area contributed by atoms with Gasteiger partial charge < -0.3 is 4.90 Å². The number of sulfone groups is 1. The van der Waals surface area contributed by atoms with Gasteiger partial charge in [0.15, 0.2) is 15.0 Å². The molecule has 0 N–H and O–H groups in total. The number of hydrogen-bond acceptors (Lipinski definition) is 4. The van der Waals surface area contributed by atoms with Crippen LogP contribution in [0, 0.1) is 0 Å². The second kappa shape index (κ2) is 6.97. The summed E-state index contributed by atoms with van der Waals surface area (Å²) in [5, 5.41) is 0.913. The molecule has 0 aliphatic carbocycles. The van der Waals surface area contributed by atoms with Crippen molar-refractivity contribution >= 4 is 65.9 Å². The Kier molecular flexibility index (Phi) is 5.30. The van der Waals surface area contributed by atoms with Gasteiger partial charge in [0.25, 0.3) is 0 Å². The van der Waals surface area contributed by atoms with Crippen LogP contribution in [0.3, 0.4) is 0 Å². The molecule has 0 spiro atoms. The molecule has 1 amide bonds. The minimum atomic E-state index is -3.08.